The van der Waals surface area contributed by atoms with Crippen LogP contribution in [0.2, 0.25) is 0 Å². The molecule has 0 aliphatic heterocycles. The van der Waals surface area contributed by atoms with Crippen molar-refractivity contribution in [2.24, 2.45) is 5.73 Å². The highest BCUT2D eigenvalue weighted by molar-refractivity contribution is 9.10. The predicted octanol–water partition coefficient (Wildman–Crippen LogP) is 3.71. The molecule has 4 heteroatoms. The molecule has 2 rings (SSSR count). The molecule has 0 amide bonds. The summed E-state index contributed by atoms with van der Waals surface area (Å²) >= 11 is 3.38. The lowest BCUT2D eigenvalue weighted by molar-refractivity contribution is 0.452. The minimum absolute atomic E-state index is 0.395. The normalized spacial score (nSPS) is 10.4. The molecule has 2 N–H and O–H groups in total. The van der Waals surface area contributed by atoms with Crippen LogP contribution in [0.1, 0.15) is 16.7 Å². The number of aryl methyl sites for hydroxylation is 1. The van der Waals surface area contributed by atoms with E-state index in [-0.39, 0.29) is 0 Å². The van der Waals surface area contributed by atoms with Gasteiger partial charge in [0.25, 0.3) is 0 Å². The van der Waals surface area contributed by atoms with Gasteiger partial charge in [-0.3, -0.25) is 0 Å². The molecule has 0 fully saturated rings. The van der Waals surface area contributed by atoms with Crippen molar-refractivity contribution >= 4 is 15.9 Å². The lowest BCUT2D eigenvalue weighted by Crippen LogP contribution is -2.02. The first-order valence-corrected chi connectivity index (χ1v) is 6.49. The van der Waals surface area contributed by atoms with Crippen molar-refractivity contribution in [1.29, 1.82) is 0 Å². The van der Waals surface area contributed by atoms with Crippen LogP contribution in [-0.2, 0) is 6.54 Å². The number of aromatic nitrogens is 1. The van der Waals surface area contributed by atoms with Crippen molar-refractivity contribution in [3.05, 3.63) is 51.6 Å². The van der Waals surface area contributed by atoms with E-state index in [1.165, 1.54) is 5.56 Å². The maximum absolute atomic E-state index is 5.86. The van der Waals surface area contributed by atoms with Crippen LogP contribution in [0.15, 0.2) is 34.9 Å². The summed E-state index contributed by atoms with van der Waals surface area (Å²) in [6, 6.07) is 7.89. The number of halogens is 1. The zero-order valence-corrected chi connectivity index (χ0v) is 12.0. The van der Waals surface area contributed by atoms with Gasteiger partial charge in [0.05, 0.1) is 0 Å². The predicted molar refractivity (Wildman–Crippen MR) is 75.8 cm³/mol. The van der Waals surface area contributed by atoms with Crippen LogP contribution in [0, 0.1) is 13.8 Å². The van der Waals surface area contributed by atoms with Gasteiger partial charge in [-0.25, -0.2) is 4.98 Å². The zero-order valence-electron chi connectivity index (χ0n) is 10.4. The number of ether oxygens (including phenoxy) is 1. The second-order valence-electron chi connectivity index (χ2n) is 4.12. The Morgan fingerprint density at radius 2 is 2.11 bits per heavy atom. The molecule has 1 aromatic heterocycles. The fraction of sp³-hybridized carbons (Fsp3) is 0.214. The van der Waals surface area contributed by atoms with E-state index in [4.69, 9.17) is 10.5 Å². The van der Waals surface area contributed by atoms with Crippen molar-refractivity contribution in [1.82, 2.24) is 4.98 Å². The molecule has 0 aliphatic carbocycles. The summed E-state index contributed by atoms with van der Waals surface area (Å²) in [5, 5.41) is 0. The molecule has 0 radical (unpaired) electrons. The molecule has 0 spiro atoms. The third kappa shape index (κ3) is 2.71. The Kier molecular flexibility index (Phi) is 3.99. The first kappa shape index (κ1) is 13.1. The second-order valence-corrected chi connectivity index (χ2v) is 5.04. The van der Waals surface area contributed by atoms with Gasteiger partial charge in [0.15, 0.2) is 0 Å². The summed E-state index contributed by atoms with van der Waals surface area (Å²) in [5.74, 6) is 1.38. The van der Waals surface area contributed by atoms with Crippen LogP contribution >= 0.6 is 15.9 Å². The monoisotopic (exact) mass is 306 g/mol. The van der Waals surface area contributed by atoms with Crippen molar-refractivity contribution < 1.29 is 4.74 Å². The highest BCUT2D eigenvalue weighted by Crippen LogP contribution is 2.28. The molecule has 0 unspecified atom stereocenters. The quantitative estimate of drug-likeness (QED) is 0.940. The van der Waals surface area contributed by atoms with Gasteiger partial charge in [-0.05, 0) is 53.0 Å². The molecule has 18 heavy (non-hydrogen) atoms. The van der Waals surface area contributed by atoms with Crippen LogP contribution in [0.5, 0.6) is 11.6 Å². The standard InChI is InChI=1S/C14H15BrN2O/c1-9-4-3-5-13(10(9)2)18-14-11(7-16)6-12(15)8-17-14/h3-6,8H,7,16H2,1-2H3. The van der Waals surface area contributed by atoms with E-state index in [9.17, 15) is 0 Å². The number of nitrogens with two attached hydrogens (primary N) is 1. The van der Waals surface area contributed by atoms with Crippen molar-refractivity contribution in [2.45, 2.75) is 20.4 Å². The minimum atomic E-state index is 0.395. The van der Waals surface area contributed by atoms with Crippen molar-refractivity contribution in [2.75, 3.05) is 0 Å². The summed E-state index contributed by atoms with van der Waals surface area (Å²) in [5.41, 5.74) is 8.89. The molecule has 2 aromatic rings. The Labute approximate surface area is 115 Å². The van der Waals surface area contributed by atoms with E-state index in [0.717, 1.165) is 21.3 Å². The van der Waals surface area contributed by atoms with E-state index in [1.54, 1.807) is 6.20 Å². The van der Waals surface area contributed by atoms with Gasteiger partial charge in [-0.15, -0.1) is 0 Å². The third-order valence-corrected chi connectivity index (χ3v) is 3.31. The Hall–Kier alpha value is -1.39. The van der Waals surface area contributed by atoms with Gasteiger partial charge >= 0.3 is 0 Å². The van der Waals surface area contributed by atoms with Crippen molar-refractivity contribution in [3.63, 3.8) is 0 Å². The Morgan fingerprint density at radius 3 is 2.83 bits per heavy atom. The molecule has 0 aliphatic rings. The van der Waals surface area contributed by atoms with Gasteiger partial charge in [-0.1, -0.05) is 12.1 Å². The average molecular weight is 307 g/mol. The smallest absolute Gasteiger partial charge is 0.223 e. The maximum Gasteiger partial charge on any atom is 0.223 e. The molecule has 0 saturated carbocycles. The number of hydrogen-bond acceptors (Lipinski definition) is 3. The van der Waals surface area contributed by atoms with E-state index < -0.39 is 0 Å². The van der Waals surface area contributed by atoms with Gasteiger partial charge < -0.3 is 10.5 Å². The van der Waals surface area contributed by atoms with Crippen LogP contribution in [-0.4, -0.2) is 4.98 Å². The summed E-state index contributed by atoms with van der Waals surface area (Å²) in [7, 11) is 0. The van der Waals surface area contributed by atoms with Crippen LogP contribution in [0.3, 0.4) is 0 Å². The van der Waals surface area contributed by atoms with Crippen molar-refractivity contribution in [3.8, 4) is 11.6 Å². The SMILES string of the molecule is Cc1cccc(Oc2ncc(Br)cc2CN)c1C. The topological polar surface area (TPSA) is 48.1 Å². The molecule has 0 bridgehead atoms. The molecule has 1 aromatic carbocycles. The number of benzene rings is 1. The summed E-state index contributed by atoms with van der Waals surface area (Å²) in [6.45, 7) is 4.49. The molecular formula is C14H15BrN2O. The zero-order chi connectivity index (χ0) is 13.1. The van der Waals surface area contributed by atoms with Gasteiger partial charge in [0, 0.05) is 22.8 Å². The number of nitrogens with zero attached hydrogens (tertiary/aromatic N) is 1. The summed E-state index contributed by atoms with van der Waals surface area (Å²) in [6.07, 6.45) is 1.71. The first-order chi connectivity index (χ1) is 8.61. The molecule has 1 heterocycles. The lowest BCUT2D eigenvalue weighted by atomic mass is 10.1. The van der Waals surface area contributed by atoms with E-state index in [0.29, 0.717) is 12.4 Å². The largest absolute Gasteiger partial charge is 0.438 e. The summed E-state index contributed by atoms with van der Waals surface area (Å²) < 4.78 is 6.75. The number of hydrogen-bond donors (Lipinski definition) is 1. The molecule has 0 atom stereocenters. The highest BCUT2D eigenvalue weighted by atomic mass is 79.9. The maximum atomic E-state index is 5.86. The first-order valence-electron chi connectivity index (χ1n) is 5.70. The molecular weight excluding hydrogens is 292 g/mol. The lowest BCUT2D eigenvalue weighted by Gasteiger charge is -2.12. The second kappa shape index (κ2) is 5.50. The Morgan fingerprint density at radius 1 is 1.33 bits per heavy atom. The fourth-order valence-corrected chi connectivity index (χ4v) is 2.02. The Balaban J connectivity index is 2.37. The summed E-state index contributed by atoms with van der Waals surface area (Å²) in [4.78, 5) is 4.27. The van der Waals surface area contributed by atoms with E-state index in [1.807, 2.05) is 25.1 Å². The van der Waals surface area contributed by atoms with E-state index >= 15 is 0 Å². The van der Waals surface area contributed by atoms with Gasteiger partial charge in [0.2, 0.25) is 5.88 Å². The van der Waals surface area contributed by atoms with E-state index in [2.05, 4.69) is 33.9 Å². The minimum Gasteiger partial charge on any atom is -0.438 e. The number of pyridine rings is 1. The average Bonchev–Trinajstić information content (AvgIpc) is 2.37. The molecule has 94 valence electrons. The third-order valence-electron chi connectivity index (χ3n) is 2.87. The van der Waals surface area contributed by atoms with Crippen LogP contribution in [0.25, 0.3) is 0 Å². The van der Waals surface area contributed by atoms with Crippen LogP contribution in [0.4, 0.5) is 0 Å². The fourth-order valence-electron chi connectivity index (χ4n) is 1.65. The molecule has 0 saturated heterocycles. The van der Waals surface area contributed by atoms with Crippen LogP contribution < -0.4 is 10.5 Å². The van der Waals surface area contributed by atoms with Gasteiger partial charge in [-0.2, -0.15) is 0 Å². The molecule has 3 nitrogen and oxygen atoms in total. The Bertz CT molecular complexity index is 570. The van der Waals surface area contributed by atoms with Gasteiger partial charge in [0.1, 0.15) is 5.75 Å². The number of rotatable bonds is 3. The highest BCUT2D eigenvalue weighted by Gasteiger charge is 2.08.